The molecule has 0 unspecified atom stereocenters. The lowest BCUT2D eigenvalue weighted by atomic mass is 9.95. The molecule has 0 atom stereocenters. The smallest absolute Gasteiger partial charge is 0.270 e. The summed E-state index contributed by atoms with van der Waals surface area (Å²) < 4.78 is 6.10. The fraction of sp³-hybridized carbons (Fsp3) is 0.321. The number of aromatic amines is 1. The van der Waals surface area contributed by atoms with Crippen LogP contribution < -0.4 is 4.90 Å². The van der Waals surface area contributed by atoms with Crippen LogP contribution in [-0.2, 0) is 4.79 Å². The Bertz CT molecular complexity index is 1630. The number of anilines is 1. The van der Waals surface area contributed by atoms with Gasteiger partial charge in [0.25, 0.3) is 5.91 Å². The van der Waals surface area contributed by atoms with E-state index in [0.29, 0.717) is 43.1 Å². The first-order valence-corrected chi connectivity index (χ1v) is 13.0. The Labute approximate surface area is 218 Å². The van der Waals surface area contributed by atoms with Crippen molar-refractivity contribution in [1.29, 1.82) is 0 Å². The van der Waals surface area contributed by atoms with E-state index in [1.807, 2.05) is 52.3 Å². The van der Waals surface area contributed by atoms with Gasteiger partial charge in [0, 0.05) is 62.2 Å². The second-order valence-electron chi connectivity index (χ2n) is 9.98. The third kappa shape index (κ3) is 3.84. The summed E-state index contributed by atoms with van der Waals surface area (Å²) in [6, 6.07) is 13.5. The Morgan fingerprint density at radius 2 is 1.68 bits per heavy atom. The van der Waals surface area contributed by atoms with Crippen molar-refractivity contribution < 1.29 is 14.0 Å². The number of carbonyl (C=O) groups is 2. The van der Waals surface area contributed by atoms with Crippen LogP contribution in [0, 0.1) is 5.92 Å². The molecular formula is C28H27N7O3. The summed E-state index contributed by atoms with van der Waals surface area (Å²) in [5.74, 6) is 0.894. The van der Waals surface area contributed by atoms with Crippen molar-refractivity contribution in [3.63, 3.8) is 0 Å². The number of rotatable bonds is 3. The van der Waals surface area contributed by atoms with E-state index in [-0.39, 0.29) is 17.7 Å². The van der Waals surface area contributed by atoms with Gasteiger partial charge in [-0.05, 0) is 43.2 Å². The predicted octanol–water partition coefficient (Wildman–Crippen LogP) is 3.45. The SMILES string of the molecule is O=C(c1cc2cccnc2[nH]1)N1CCN(C(=O)C2CCN(c3ncnc4c3oc3ccccc34)CC2)CC1. The number of benzene rings is 1. The topological polar surface area (TPSA) is 111 Å². The normalized spacial score (nSPS) is 17.1. The van der Waals surface area contributed by atoms with Crippen LogP contribution in [-0.4, -0.2) is 80.8 Å². The van der Waals surface area contributed by atoms with Crippen molar-refractivity contribution >= 4 is 50.7 Å². The molecule has 192 valence electrons. The first kappa shape index (κ1) is 22.7. The molecule has 10 nitrogen and oxygen atoms in total. The highest BCUT2D eigenvalue weighted by Crippen LogP contribution is 2.34. The fourth-order valence-electron chi connectivity index (χ4n) is 5.71. The molecule has 0 radical (unpaired) electrons. The van der Waals surface area contributed by atoms with E-state index in [1.54, 1.807) is 12.5 Å². The molecular weight excluding hydrogens is 482 g/mol. The Morgan fingerprint density at radius 1 is 0.895 bits per heavy atom. The van der Waals surface area contributed by atoms with Crippen LogP contribution in [0.3, 0.4) is 0 Å². The van der Waals surface area contributed by atoms with Crippen LogP contribution in [0.15, 0.2) is 59.4 Å². The average molecular weight is 510 g/mol. The van der Waals surface area contributed by atoms with E-state index in [9.17, 15) is 9.59 Å². The number of piperazine rings is 1. The maximum atomic E-state index is 13.3. The lowest BCUT2D eigenvalue weighted by molar-refractivity contribution is -0.137. The maximum absolute atomic E-state index is 13.3. The number of amides is 2. The van der Waals surface area contributed by atoms with Crippen LogP contribution >= 0.6 is 0 Å². The number of para-hydroxylation sites is 1. The molecule has 38 heavy (non-hydrogen) atoms. The summed E-state index contributed by atoms with van der Waals surface area (Å²) in [5.41, 5.74) is 3.56. The monoisotopic (exact) mass is 509 g/mol. The van der Waals surface area contributed by atoms with E-state index in [4.69, 9.17) is 4.42 Å². The molecule has 0 aliphatic carbocycles. The standard InChI is InChI=1S/C28H27N7O3/c36-27(34-12-14-35(15-13-34)28(37)21-16-19-4-3-9-29-25(19)32-21)18-7-10-33(11-8-18)26-24-23(30-17-31-26)20-5-1-2-6-22(20)38-24/h1-6,9,16-18H,7-8,10-15H2,(H,29,32). The molecule has 0 saturated carbocycles. The summed E-state index contributed by atoms with van der Waals surface area (Å²) in [6.07, 6.45) is 4.80. The fourth-order valence-corrected chi connectivity index (χ4v) is 5.71. The molecule has 2 amide bonds. The van der Waals surface area contributed by atoms with Gasteiger partial charge in [-0.1, -0.05) is 12.1 Å². The minimum Gasteiger partial charge on any atom is -0.450 e. The molecule has 0 spiro atoms. The molecule has 4 aromatic heterocycles. The van der Waals surface area contributed by atoms with Gasteiger partial charge in [0.2, 0.25) is 5.91 Å². The third-order valence-electron chi connectivity index (χ3n) is 7.78. The summed E-state index contributed by atoms with van der Waals surface area (Å²) in [7, 11) is 0. The number of nitrogens with one attached hydrogen (secondary N) is 1. The van der Waals surface area contributed by atoms with E-state index in [2.05, 4.69) is 24.8 Å². The average Bonchev–Trinajstić information content (AvgIpc) is 3.58. The minimum atomic E-state index is -0.0508. The molecule has 0 bridgehead atoms. The number of aromatic nitrogens is 4. The first-order chi connectivity index (χ1) is 18.7. The first-order valence-electron chi connectivity index (χ1n) is 13.0. The molecule has 1 N–H and O–H groups in total. The van der Waals surface area contributed by atoms with Gasteiger partial charge in [-0.2, -0.15) is 0 Å². The lowest BCUT2D eigenvalue weighted by Gasteiger charge is -2.38. The summed E-state index contributed by atoms with van der Waals surface area (Å²) in [5, 5.41) is 1.90. The zero-order valence-corrected chi connectivity index (χ0v) is 20.8. The van der Waals surface area contributed by atoms with Gasteiger partial charge in [-0.3, -0.25) is 9.59 Å². The molecule has 7 rings (SSSR count). The van der Waals surface area contributed by atoms with E-state index < -0.39 is 0 Å². The van der Waals surface area contributed by atoms with E-state index in [1.165, 1.54) is 0 Å². The summed E-state index contributed by atoms with van der Waals surface area (Å²) in [4.78, 5) is 48.6. The number of piperidine rings is 1. The van der Waals surface area contributed by atoms with Gasteiger partial charge in [0.1, 0.15) is 28.8 Å². The summed E-state index contributed by atoms with van der Waals surface area (Å²) >= 11 is 0. The van der Waals surface area contributed by atoms with Crippen LogP contribution in [0.5, 0.6) is 0 Å². The Hall–Kier alpha value is -4.47. The molecule has 6 heterocycles. The van der Waals surface area contributed by atoms with Gasteiger partial charge in [0.05, 0.1) is 0 Å². The predicted molar refractivity (Wildman–Crippen MR) is 143 cm³/mol. The number of pyridine rings is 1. The van der Waals surface area contributed by atoms with E-state index >= 15 is 0 Å². The van der Waals surface area contributed by atoms with Crippen LogP contribution in [0.1, 0.15) is 23.3 Å². The minimum absolute atomic E-state index is 0.0266. The zero-order chi connectivity index (χ0) is 25.6. The molecule has 5 aromatic rings. The molecule has 2 aliphatic heterocycles. The van der Waals surface area contributed by atoms with Crippen molar-refractivity contribution in [3.05, 3.63) is 60.7 Å². The molecule has 2 aliphatic rings. The number of carbonyl (C=O) groups excluding carboxylic acids is 2. The maximum Gasteiger partial charge on any atom is 0.270 e. The van der Waals surface area contributed by atoms with Crippen molar-refractivity contribution in [2.45, 2.75) is 12.8 Å². The number of hydrogen-bond donors (Lipinski definition) is 1. The number of nitrogens with zero attached hydrogens (tertiary/aromatic N) is 6. The number of H-pyrrole nitrogens is 1. The number of furan rings is 1. The Kier molecular flexibility index (Phi) is 5.45. The van der Waals surface area contributed by atoms with Crippen molar-refractivity contribution in [2.75, 3.05) is 44.2 Å². The highest BCUT2D eigenvalue weighted by molar-refractivity contribution is 6.05. The van der Waals surface area contributed by atoms with Gasteiger partial charge in [0.15, 0.2) is 11.4 Å². The quantitative estimate of drug-likeness (QED) is 0.397. The number of fused-ring (bicyclic) bond motifs is 4. The van der Waals surface area contributed by atoms with Gasteiger partial charge >= 0.3 is 0 Å². The highest BCUT2D eigenvalue weighted by Gasteiger charge is 2.33. The van der Waals surface area contributed by atoms with Crippen molar-refractivity contribution in [3.8, 4) is 0 Å². The molecule has 10 heteroatoms. The van der Waals surface area contributed by atoms with Gasteiger partial charge < -0.3 is 24.1 Å². The zero-order valence-electron chi connectivity index (χ0n) is 20.8. The van der Waals surface area contributed by atoms with Gasteiger partial charge in [-0.15, -0.1) is 0 Å². The third-order valence-corrected chi connectivity index (χ3v) is 7.78. The molecule has 2 saturated heterocycles. The highest BCUT2D eigenvalue weighted by atomic mass is 16.3. The van der Waals surface area contributed by atoms with Crippen LogP contribution in [0.25, 0.3) is 33.1 Å². The second kappa shape index (κ2) is 9.13. The largest absolute Gasteiger partial charge is 0.450 e. The molecule has 2 fully saturated rings. The van der Waals surface area contributed by atoms with Gasteiger partial charge in [-0.25, -0.2) is 15.0 Å². The number of hydrogen-bond acceptors (Lipinski definition) is 7. The Morgan fingerprint density at radius 3 is 2.50 bits per heavy atom. The second-order valence-corrected chi connectivity index (χ2v) is 9.98. The summed E-state index contributed by atoms with van der Waals surface area (Å²) in [6.45, 7) is 3.61. The van der Waals surface area contributed by atoms with Crippen LogP contribution in [0.4, 0.5) is 5.82 Å². The van der Waals surface area contributed by atoms with Crippen molar-refractivity contribution in [1.82, 2.24) is 29.7 Å². The van der Waals surface area contributed by atoms with E-state index in [0.717, 1.165) is 53.6 Å². The lowest BCUT2D eigenvalue weighted by Crippen LogP contribution is -2.53. The molecule has 1 aromatic carbocycles. The van der Waals surface area contributed by atoms with Crippen molar-refractivity contribution in [2.24, 2.45) is 5.92 Å². The van der Waals surface area contributed by atoms with Crippen LogP contribution in [0.2, 0.25) is 0 Å². The Balaban J connectivity index is 0.976.